The van der Waals surface area contributed by atoms with E-state index in [0.29, 0.717) is 5.92 Å². The Morgan fingerprint density at radius 2 is 2.13 bits per heavy atom. The summed E-state index contributed by atoms with van der Waals surface area (Å²) in [5, 5.41) is 8.95. The molecule has 0 amide bonds. The summed E-state index contributed by atoms with van der Waals surface area (Å²) in [5.41, 5.74) is 0. The highest BCUT2D eigenvalue weighted by Crippen LogP contribution is 2.39. The van der Waals surface area contributed by atoms with Crippen LogP contribution in [-0.4, -0.2) is 30.6 Å². The van der Waals surface area contributed by atoms with Crippen LogP contribution in [0.4, 0.5) is 0 Å². The number of rotatable bonds is 3. The topological polar surface area (TPSA) is 59.1 Å². The number of ether oxygens (including phenoxy) is 2. The number of hydrogen-bond donors (Lipinski definition) is 1. The molecule has 1 saturated carbocycles. The van der Waals surface area contributed by atoms with Crippen molar-refractivity contribution in [3.8, 4) is 0 Å². The van der Waals surface area contributed by atoms with E-state index in [2.05, 4.69) is 0 Å². The summed E-state index contributed by atoms with van der Waals surface area (Å²) < 4.78 is 10.5. The average molecular weight is 214 g/mol. The molecule has 0 bridgehead atoms. The van der Waals surface area contributed by atoms with Crippen molar-refractivity contribution in [2.45, 2.75) is 44.5 Å². The third kappa shape index (κ3) is 2.49. The zero-order valence-electron chi connectivity index (χ0n) is 9.02. The Kier molecular flexibility index (Phi) is 3.26. The molecule has 4 heteroatoms. The van der Waals surface area contributed by atoms with E-state index in [-0.39, 0.29) is 18.3 Å². The Morgan fingerprint density at radius 3 is 2.73 bits per heavy atom. The van der Waals surface area contributed by atoms with Gasteiger partial charge in [0.05, 0.1) is 5.92 Å². The Balaban J connectivity index is 1.83. The lowest BCUT2D eigenvalue weighted by molar-refractivity contribution is -0.142. The van der Waals surface area contributed by atoms with Gasteiger partial charge in [-0.2, -0.15) is 0 Å². The SMILES string of the molecule is COC1OC1C1CCCC(C(=O)O)CC1. The van der Waals surface area contributed by atoms with Crippen molar-refractivity contribution in [1.29, 1.82) is 0 Å². The fraction of sp³-hybridized carbons (Fsp3) is 0.909. The monoisotopic (exact) mass is 214 g/mol. The summed E-state index contributed by atoms with van der Waals surface area (Å²) >= 11 is 0. The first-order valence-corrected chi connectivity index (χ1v) is 5.63. The van der Waals surface area contributed by atoms with Gasteiger partial charge in [-0.1, -0.05) is 6.42 Å². The van der Waals surface area contributed by atoms with Gasteiger partial charge < -0.3 is 14.6 Å². The van der Waals surface area contributed by atoms with E-state index in [1.54, 1.807) is 7.11 Å². The lowest BCUT2D eigenvalue weighted by Crippen LogP contribution is -2.14. The molecule has 15 heavy (non-hydrogen) atoms. The van der Waals surface area contributed by atoms with Crippen LogP contribution in [0.3, 0.4) is 0 Å². The summed E-state index contributed by atoms with van der Waals surface area (Å²) in [6.45, 7) is 0. The van der Waals surface area contributed by atoms with Gasteiger partial charge in [-0.05, 0) is 31.6 Å². The lowest BCUT2D eigenvalue weighted by Gasteiger charge is -2.10. The first-order valence-electron chi connectivity index (χ1n) is 5.63. The number of aliphatic carboxylic acids is 1. The summed E-state index contributed by atoms with van der Waals surface area (Å²) in [7, 11) is 1.65. The van der Waals surface area contributed by atoms with Crippen LogP contribution in [0, 0.1) is 11.8 Å². The Bertz CT molecular complexity index is 241. The molecule has 0 aromatic rings. The molecule has 2 rings (SSSR count). The second kappa shape index (κ2) is 4.49. The number of methoxy groups -OCH3 is 1. The smallest absolute Gasteiger partial charge is 0.306 e. The van der Waals surface area contributed by atoms with Crippen molar-refractivity contribution in [2.75, 3.05) is 7.11 Å². The number of hydrogen-bond acceptors (Lipinski definition) is 3. The van der Waals surface area contributed by atoms with Crippen molar-refractivity contribution in [2.24, 2.45) is 11.8 Å². The minimum atomic E-state index is -0.643. The molecule has 0 aromatic carbocycles. The highest BCUT2D eigenvalue weighted by Gasteiger charge is 2.45. The second-order valence-corrected chi connectivity index (χ2v) is 4.51. The maximum Gasteiger partial charge on any atom is 0.306 e. The zero-order chi connectivity index (χ0) is 10.8. The van der Waals surface area contributed by atoms with Crippen LogP contribution < -0.4 is 0 Å². The molecule has 4 atom stereocenters. The first-order chi connectivity index (χ1) is 7.22. The second-order valence-electron chi connectivity index (χ2n) is 4.51. The van der Waals surface area contributed by atoms with E-state index in [9.17, 15) is 4.79 Å². The Hall–Kier alpha value is -0.610. The van der Waals surface area contributed by atoms with Gasteiger partial charge in [-0.15, -0.1) is 0 Å². The predicted octanol–water partition coefficient (Wildman–Crippen LogP) is 1.64. The predicted molar refractivity (Wildman–Crippen MR) is 53.4 cm³/mol. The van der Waals surface area contributed by atoms with Gasteiger partial charge in [0.25, 0.3) is 0 Å². The van der Waals surface area contributed by atoms with Gasteiger partial charge in [-0.3, -0.25) is 4.79 Å². The molecular weight excluding hydrogens is 196 g/mol. The highest BCUT2D eigenvalue weighted by atomic mass is 16.8. The van der Waals surface area contributed by atoms with Crippen LogP contribution in [0.15, 0.2) is 0 Å². The third-order valence-electron chi connectivity index (χ3n) is 3.54. The quantitative estimate of drug-likeness (QED) is 0.573. The van der Waals surface area contributed by atoms with Gasteiger partial charge in [0.15, 0.2) is 6.29 Å². The number of carboxylic acid groups (broad SMARTS) is 1. The molecule has 0 spiro atoms. The van der Waals surface area contributed by atoms with E-state index in [4.69, 9.17) is 14.6 Å². The lowest BCUT2D eigenvalue weighted by atomic mass is 9.95. The third-order valence-corrected chi connectivity index (χ3v) is 3.54. The fourth-order valence-corrected chi connectivity index (χ4v) is 2.54. The van der Waals surface area contributed by atoms with Crippen molar-refractivity contribution in [3.63, 3.8) is 0 Å². The normalized spacial score (nSPS) is 40.9. The molecule has 86 valence electrons. The van der Waals surface area contributed by atoms with E-state index >= 15 is 0 Å². The Labute approximate surface area is 89.6 Å². The molecule has 1 aliphatic carbocycles. The number of epoxide rings is 1. The maximum absolute atomic E-state index is 10.9. The van der Waals surface area contributed by atoms with Gasteiger partial charge in [0.1, 0.15) is 6.10 Å². The molecule has 4 unspecified atom stereocenters. The minimum Gasteiger partial charge on any atom is -0.481 e. The van der Waals surface area contributed by atoms with Crippen molar-refractivity contribution < 1.29 is 19.4 Å². The number of carbonyl (C=O) groups is 1. The molecule has 1 saturated heterocycles. The summed E-state index contributed by atoms with van der Waals surface area (Å²) in [6, 6.07) is 0. The maximum atomic E-state index is 10.9. The van der Waals surface area contributed by atoms with Crippen LogP contribution in [-0.2, 0) is 14.3 Å². The van der Waals surface area contributed by atoms with Crippen molar-refractivity contribution >= 4 is 5.97 Å². The van der Waals surface area contributed by atoms with Crippen LogP contribution in [0.1, 0.15) is 32.1 Å². The van der Waals surface area contributed by atoms with Gasteiger partial charge in [0.2, 0.25) is 0 Å². The zero-order valence-corrected chi connectivity index (χ0v) is 9.02. The van der Waals surface area contributed by atoms with Crippen molar-refractivity contribution in [1.82, 2.24) is 0 Å². The van der Waals surface area contributed by atoms with Crippen LogP contribution in [0.25, 0.3) is 0 Å². The summed E-state index contributed by atoms with van der Waals surface area (Å²) in [4.78, 5) is 10.9. The summed E-state index contributed by atoms with van der Waals surface area (Å²) in [5.74, 6) is -0.287. The standard InChI is InChI=1S/C11H18O4/c1-14-11-9(15-11)7-3-2-4-8(6-5-7)10(12)13/h7-9,11H,2-6H2,1H3,(H,12,13). The molecule has 1 heterocycles. The highest BCUT2D eigenvalue weighted by molar-refractivity contribution is 5.69. The van der Waals surface area contributed by atoms with E-state index in [0.717, 1.165) is 32.1 Å². The molecule has 0 radical (unpaired) electrons. The van der Waals surface area contributed by atoms with Crippen molar-refractivity contribution in [3.05, 3.63) is 0 Å². The van der Waals surface area contributed by atoms with Crippen LogP contribution >= 0.6 is 0 Å². The molecule has 1 N–H and O–H groups in total. The fourth-order valence-electron chi connectivity index (χ4n) is 2.54. The molecule has 0 aromatic heterocycles. The number of carboxylic acids is 1. The Morgan fingerprint density at radius 1 is 1.33 bits per heavy atom. The molecule has 4 nitrogen and oxygen atoms in total. The van der Waals surface area contributed by atoms with E-state index in [1.165, 1.54) is 0 Å². The van der Waals surface area contributed by atoms with Gasteiger partial charge in [0, 0.05) is 7.11 Å². The van der Waals surface area contributed by atoms with E-state index in [1.807, 2.05) is 0 Å². The van der Waals surface area contributed by atoms with Gasteiger partial charge in [-0.25, -0.2) is 0 Å². The molecule has 2 aliphatic rings. The molecule has 1 aliphatic heterocycles. The molecule has 2 fully saturated rings. The minimum absolute atomic E-state index is 0.0311. The molecular formula is C11H18O4. The summed E-state index contributed by atoms with van der Waals surface area (Å²) in [6.07, 6.45) is 4.83. The average Bonchev–Trinajstić information content (AvgIpc) is 3.00. The largest absolute Gasteiger partial charge is 0.481 e. The first kappa shape index (κ1) is 10.9. The van der Waals surface area contributed by atoms with Crippen LogP contribution in [0.5, 0.6) is 0 Å². The van der Waals surface area contributed by atoms with Crippen LogP contribution in [0.2, 0.25) is 0 Å². The van der Waals surface area contributed by atoms with Gasteiger partial charge >= 0.3 is 5.97 Å². The van der Waals surface area contributed by atoms with E-state index < -0.39 is 5.97 Å².